The molecular formula is C36H49F2N5O. The first-order valence-corrected chi connectivity index (χ1v) is 16.5. The van der Waals surface area contributed by atoms with Gasteiger partial charge in [-0.3, -0.25) is 4.98 Å². The molecule has 6 nitrogen and oxygen atoms in total. The number of pyridine rings is 1. The van der Waals surface area contributed by atoms with E-state index in [1.165, 1.54) is 6.42 Å². The van der Waals surface area contributed by atoms with E-state index >= 15 is 4.39 Å². The number of anilines is 1. The van der Waals surface area contributed by atoms with Crippen molar-refractivity contribution in [3.63, 3.8) is 0 Å². The van der Waals surface area contributed by atoms with Gasteiger partial charge in [0.05, 0.1) is 11.6 Å². The normalized spacial score (nSPS) is 18.8. The first-order valence-electron chi connectivity index (χ1n) is 16.5. The molecule has 4 atom stereocenters. The second-order valence-electron chi connectivity index (χ2n) is 11.9. The van der Waals surface area contributed by atoms with Crippen LogP contribution in [0.3, 0.4) is 0 Å². The molecule has 4 aromatic rings. The summed E-state index contributed by atoms with van der Waals surface area (Å²) in [5.41, 5.74) is 1.03. The topological polar surface area (TPSA) is 74.2 Å². The fourth-order valence-electron chi connectivity index (χ4n) is 6.01. The Labute approximate surface area is 261 Å². The minimum absolute atomic E-state index is 0.0777. The summed E-state index contributed by atoms with van der Waals surface area (Å²) in [6.45, 7) is 13.9. The number of aryl methyl sites for hydroxylation is 1. The standard InChI is InChI=1S/C25H24FN5O.C9H19F.C2H6/c1-2-21-29-24-20(25(30-21)31-12-15-7-8-16(13-31)28-15)11-27-23(22(24)26)19-10-17(32)9-14-5-3-4-6-18(14)19;1-4-8(3)6-7-9(10)5-2;1-2/h3-6,9-11,15-16,28,32H,2,7-8,12-13H2,1H3;8-9H,4-7H2,1-3H3;1-2H3. The fraction of sp³-hybridized carbons (Fsp3) is 0.528. The van der Waals surface area contributed by atoms with Crippen molar-refractivity contribution < 1.29 is 13.9 Å². The summed E-state index contributed by atoms with van der Waals surface area (Å²) < 4.78 is 28.6. The molecule has 238 valence electrons. The first kappa shape index (κ1) is 33.5. The molecule has 2 aromatic heterocycles. The fourth-order valence-corrected chi connectivity index (χ4v) is 6.01. The van der Waals surface area contributed by atoms with Gasteiger partial charge in [0.15, 0.2) is 5.82 Å². The number of nitrogens with one attached hydrogen (secondary N) is 1. The van der Waals surface area contributed by atoms with E-state index < -0.39 is 12.0 Å². The zero-order valence-electron chi connectivity index (χ0n) is 27.2. The van der Waals surface area contributed by atoms with Crippen LogP contribution in [-0.2, 0) is 6.42 Å². The maximum atomic E-state index is 16.0. The third-order valence-corrected chi connectivity index (χ3v) is 8.76. The van der Waals surface area contributed by atoms with E-state index in [4.69, 9.17) is 4.98 Å². The van der Waals surface area contributed by atoms with Crippen molar-refractivity contribution in [2.45, 2.75) is 105 Å². The molecule has 0 aliphatic carbocycles. The van der Waals surface area contributed by atoms with Crippen molar-refractivity contribution in [3.8, 4) is 17.0 Å². The Balaban J connectivity index is 0.000000317. The van der Waals surface area contributed by atoms with Crippen molar-refractivity contribution in [2.75, 3.05) is 18.0 Å². The molecule has 2 aliphatic rings. The molecule has 2 N–H and O–H groups in total. The zero-order chi connectivity index (χ0) is 31.8. The minimum atomic E-state index is -0.561. The summed E-state index contributed by atoms with van der Waals surface area (Å²) >= 11 is 0. The van der Waals surface area contributed by atoms with Gasteiger partial charge in [-0.2, -0.15) is 0 Å². The highest BCUT2D eigenvalue weighted by molar-refractivity contribution is 5.99. The summed E-state index contributed by atoms with van der Waals surface area (Å²) in [5, 5.41) is 16.2. The Hall–Kier alpha value is -3.39. The predicted octanol–water partition coefficient (Wildman–Crippen LogP) is 8.78. The van der Waals surface area contributed by atoms with Crippen LogP contribution in [0.2, 0.25) is 0 Å². The zero-order valence-corrected chi connectivity index (χ0v) is 27.2. The number of nitrogens with zero attached hydrogens (tertiary/aromatic N) is 4. The molecule has 6 rings (SSSR count). The van der Waals surface area contributed by atoms with Crippen LogP contribution in [0.25, 0.3) is 32.9 Å². The molecule has 2 aromatic carbocycles. The average molecular weight is 606 g/mol. The van der Waals surface area contributed by atoms with E-state index in [2.05, 4.69) is 34.0 Å². The molecule has 0 radical (unpaired) electrons. The summed E-state index contributed by atoms with van der Waals surface area (Å²) in [6.07, 6.45) is 7.72. The van der Waals surface area contributed by atoms with E-state index in [0.717, 1.165) is 55.4 Å². The molecule has 2 bridgehead atoms. The van der Waals surface area contributed by atoms with Gasteiger partial charge in [-0.05, 0) is 60.9 Å². The van der Waals surface area contributed by atoms with Gasteiger partial charge in [0, 0.05) is 43.4 Å². The molecule has 44 heavy (non-hydrogen) atoms. The molecule has 2 saturated heterocycles. The van der Waals surface area contributed by atoms with Gasteiger partial charge in [0.25, 0.3) is 0 Å². The van der Waals surface area contributed by atoms with Gasteiger partial charge in [-0.15, -0.1) is 0 Å². The van der Waals surface area contributed by atoms with Gasteiger partial charge < -0.3 is 15.3 Å². The second kappa shape index (κ2) is 15.6. The first-order chi connectivity index (χ1) is 21.3. The van der Waals surface area contributed by atoms with E-state index in [9.17, 15) is 9.50 Å². The van der Waals surface area contributed by atoms with Crippen molar-refractivity contribution in [1.82, 2.24) is 20.3 Å². The summed E-state index contributed by atoms with van der Waals surface area (Å²) in [6, 6.07) is 11.7. The van der Waals surface area contributed by atoms with Gasteiger partial charge in [0.2, 0.25) is 0 Å². The number of phenolic OH excluding ortho intramolecular Hbond substituents is 1. The number of rotatable bonds is 8. The lowest BCUT2D eigenvalue weighted by Crippen LogP contribution is -2.51. The molecule has 4 unspecified atom stereocenters. The Morgan fingerprint density at radius 3 is 2.34 bits per heavy atom. The smallest absolute Gasteiger partial charge is 0.175 e. The van der Waals surface area contributed by atoms with Gasteiger partial charge in [0.1, 0.15) is 28.6 Å². The largest absolute Gasteiger partial charge is 0.508 e. The van der Waals surface area contributed by atoms with Gasteiger partial charge >= 0.3 is 0 Å². The number of fused-ring (bicyclic) bond motifs is 4. The van der Waals surface area contributed by atoms with E-state index in [1.54, 1.807) is 18.3 Å². The summed E-state index contributed by atoms with van der Waals surface area (Å²) in [7, 11) is 0. The molecule has 0 spiro atoms. The molecule has 0 saturated carbocycles. The quantitative estimate of drug-likeness (QED) is 0.209. The summed E-state index contributed by atoms with van der Waals surface area (Å²) in [4.78, 5) is 16.1. The number of alkyl halides is 1. The molecule has 4 heterocycles. The highest BCUT2D eigenvalue weighted by Gasteiger charge is 2.34. The van der Waals surface area contributed by atoms with Crippen LogP contribution in [0.4, 0.5) is 14.6 Å². The average Bonchev–Trinajstić information content (AvgIpc) is 3.40. The second-order valence-corrected chi connectivity index (χ2v) is 11.9. The number of hydrogen-bond donors (Lipinski definition) is 2. The number of hydrogen-bond acceptors (Lipinski definition) is 6. The third-order valence-electron chi connectivity index (χ3n) is 8.76. The highest BCUT2D eigenvalue weighted by Crippen LogP contribution is 2.37. The molecule has 8 heteroatoms. The van der Waals surface area contributed by atoms with Crippen LogP contribution < -0.4 is 10.2 Å². The lowest BCUT2D eigenvalue weighted by Gasteiger charge is -2.34. The van der Waals surface area contributed by atoms with Crippen LogP contribution in [0.1, 0.15) is 85.9 Å². The minimum Gasteiger partial charge on any atom is -0.508 e. The highest BCUT2D eigenvalue weighted by atomic mass is 19.1. The van der Waals surface area contributed by atoms with E-state index in [1.807, 2.05) is 52.0 Å². The Morgan fingerprint density at radius 1 is 0.977 bits per heavy atom. The SMILES string of the molecule is CC.CCC(C)CCC(F)CC.CCc1nc(N2CC3CCC(C2)N3)c2cnc(-c3cc(O)cc4ccccc34)c(F)c2n1. The number of halogens is 2. The van der Waals surface area contributed by atoms with E-state index in [-0.39, 0.29) is 17.0 Å². The van der Waals surface area contributed by atoms with Crippen molar-refractivity contribution in [1.29, 1.82) is 0 Å². The Morgan fingerprint density at radius 2 is 1.68 bits per heavy atom. The molecule has 2 fully saturated rings. The van der Waals surface area contributed by atoms with Crippen LogP contribution in [0, 0.1) is 11.7 Å². The van der Waals surface area contributed by atoms with Crippen molar-refractivity contribution >= 4 is 27.5 Å². The summed E-state index contributed by atoms with van der Waals surface area (Å²) in [5.74, 6) is 1.69. The van der Waals surface area contributed by atoms with Crippen LogP contribution in [0.5, 0.6) is 5.75 Å². The monoisotopic (exact) mass is 605 g/mol. The molecular weight excluding hydrogens is 556 g/mol. The molecule has 0 amide bonds. The number of aromatic hydroxyl groups is 1. The van der Waals surface area contributed by atoms with Crippen molar-refractivity contribution in [3.05, 3.63) is 54.2 Å². The Kier molecular flexibility index (Phi) is 11.8. The predicted molar refractivity (Wildman–Crippen MR) is 179 cm³/mol. The van der Waals surface area contributed by atoms with Crippen molar-refractivity contribution in [2.24, 2.45) is 5.92 Å². The maximum absolute atomic E-state index is 16.0. The maximum Gasteiger partial charge on any atom is 0.175 e. The number of aromatic nitrogens is 3. The van der Waals surface area contributed by atoms with Crippen LogP contribution >= 0.6 is 0 Å². The number of piperazine rings is 1. The van der Waals surface area contributed by atoms with Gasteiger partial charge in [-0.25, -0.2) is 18.7 Å². The van der Waals surface area contributed by atoms with Crippen LogP contribution in [-0.4, -0.2) is 51.4 Å². The van der Waals surface area contributed by atoms with Gasteiger partial charge in [-0.1, -0.05) is 72.2 Å². The Bertz CT molecular complexity index is 1510. The van der Waals surface area contributed by atoms with Crippen LogP contribution in [0.15, 0.2) is 42.6 Å². The number of phenols is 1. The van der Waals surface area contributed by atoms with E-state index in [0.29, 0.717) is 47.6 Å². The lowest BCUT2D eigenvalue weighted by molar-refractivity contribution is 0.282. The molecule has 2 aliphatic heterocycles. The third kappa shape index (κ3) is 7.63. The lowest BCUT2D eigenvalue weighted by atomic mass is 10.00. The number of benzene rings is 2.